The molecule has 0 fully saturated rings. The molecular formula is C11H10ClN3. The number of hydrogen-bond donors (Lipinski definition) is 1. The minimum atomic E-state index is 0.750. The fourth-order valence-electron chi connectivity index (χ4n) is 1.78. The van der Waals surface area contributed by atoms with E-state index in [0.717, 1.165) is 29.5 Å². The Morgan fingerprint density at radius 3 is 2.73 bits per heavy atom. The molecule has 2 heterocycles. The maximum atomic E-state index is 5.83. The van der Waals surface area contributed by atoms with Crippen LogP contribution in [-0.4, -0.2) is 9.78 Å². The van der Waals surface area contributed by atoms with Gasteiger partial charge >= 0.3 is 0 Å². The van der Waals surface area contributed by atoms with Crippen LogP contribution in [0.3, 0.4) is 0 Å². The van der Waals surface area contributed by atoms with Crippen molar-refractivity contribution < 1.29 is 0 Å². The Kier molecular flexibility index (Phi) is 2.01. The van der Waals surface area contributed by atoms with Gasteiger partial charge in [-0.1, -0.05) is 11.6 Å². The van der Waals surface area contributed by atoms with E-state index < -0.39 is 0 Å². The molecule has 15 heavy (non-hydrogen) atoms. The Morgan fingerprint density at radius 2 is 2.00 bits per heavy atom. The van der Waals surface area contributed by atoms with Crippen molar-refractivity contribution in [3.63, 3.8) is 0 Å². The molecule has 0 saturated carbocycles. The summed E-state index contributed by atoms with van der Waals surface area (Å²) in [7, 11) is 0. The molecule has 1 aliphatic rings. The molecule has 0 amide bonds. The standard InChI is InChI=1S/C11H10ClN3/c12-9-1-3-10(4-2-9)15-7-8-5-13-6-11(8)14-15/h1-4,7,13H,5-6H2. The lowest BCUT2D eigenvalue weighted by Gasteiger charge is -2.01. The minimum absolute atomic E-state index is 0.750. The number of nitrogens with zero attached hydrogens (tertiary/aromatic N) is 2. The number of rotatable bonds is 1. The average molecular weight is 220 g/mol. The largest absolute Gasteiger partial charge is 0.307 e. The second-order valence-corrected chi connectivity index (χ2v) is 4.06. The molecule has 1 N–H and O–H groups in total. The van der Waals surface area contributed by atoms with Crippen molar-refractivity contribution in [1.29, 1.82) is 0 Å². The highest BCUT2D eigenvalue weighted by atomic mass is 35.5. The third-order valence-electron chi connectivity index (χ3n) is 2.58. The van der Waals surface area contributed by atoms with Crippen molar-refractivity contribution in [3.05, 3.63) is 46.7 Å². The molecule has 3 nitrogen and oxygen atoms in total. The van der Waals surface area contributed by atoms with E-state index in [4.69, 9.17) is 11.6 Å². The van der Waals surface area contributed by atoms with Crippen molar-refractivity contribution in [1.82, 2.24) is 15.1 Å². The normalized spacial score (nSPS) is 14.2. The molecular weight excluding hydrogens is 210 g/mol. The maximum Gasteiger partial charge on any atom is 0.0811 e. The van der Waals surface area contributed by atoms with Crippen LogP contribution in [0.5, 0.6) is 0 Å². The van der Waals surface area contributed by atoms with Crippen molar-refractivity contribution in [2.75, 3.05) is 0 Å². The predicted octanol–water partition coefficient (Wildman–Crippen LogP) is 2.13. The van der Waals surface area contributed by atoms with E-state index in [0.29, 0.717) is 0 Å². The first-order valence-electron chi connectivity index (χ1n) is 4.87. The summed E-state index contributed by atoms with van der Waals surface area (Å²) in [6.07, 6.45) is 2.07. The van der Waals surface area contributed by atoms with Crippen molar-refractivity contribution >= 4 is 11.6 Å². The summed E-state index contributed by atoms with van der Waals surface area (Å²) >= 11 is 5.83. The molecule has 0 radical (unpaired) electrons. The highest BCUT2D eigenvalue weighted by molar-refractivity contribution is 6.30. The van der Waals surface area contributed by atoms with Gasteiger partial charge in [0.1, 0.15) is 0 Å². The monoisotopic (exact) mass is 219 g/mol. The smallest absolute Gasteiger partial charge is 0.0811 e. The Labute approximate surface area is 92.7 Å². The van der Waals surface area contributed by atoms with Gasteiger partial charge in [-0.25, -0.2) is 4.68 Å². The molecule has 0 bridgehead atoms. The van der Waals surface area contributed by atoms with Gasteiger partial charge in [0.25, 0.3) is 0 Å². The summed E-state index contributed by atoms with van der Waals surface area (Å²) < 4.78 is 1.90. The topological polar surface area (TPSA) is 29.9 Å². The average Bonchev–Trinajstić information content (AvgIpc) is 2.78. The van der Waals surface area contributed by atoms with Crippen LogP contribution in [0, 0.1) is 0 Å². The Bertz CT molecular complexity index is 466. The highest BCUT2D eigenvalue weighted by Crippen LogP contribution is 2.17. The number of nitrogens with one attached hydrogen (secondary N) is 1. The Morgan fingerprint density at radius 1 is 1.20 bits per heavy atom. The predicted molar refractivity (Wildman–Crippen MR) is 59.1 cm³/mol. The first-order valence-corrected chi connectivity index (χ1v) is 5.25. The second-order valence-electron chi connectivity index (χ2n) is 3.63. The van der Waals surface area contributed by atoms with Gasteiger partial charge in [0.05, 0.1) is 11.4 Å². The zero-order chi connectivity index (χ0) is 10.3. The molecule has 0 unspecified atom stereocenters. The van der Waals surface area contributed by atoms with Crippen LogP contribution in [0.25, 0.3) is 5.69 Å². The van der Waals surface area contributed by atoms with Crippen molar-refractivity contribution in [2.45, 2.75) is 13.1 Å². The van der Waals surface area contributed by atoms with E-state index in [1.165, 1.54) is 5.56 Å². The number of hydrogen-bond acceptors (Lipinski definition) is 2. The molecule has 2 aromatic rings. The highest BCUT2D eigenvalue weighted by Gasteiger charge is 2.14. The lowest BCUT2D eigenvalue weighted by Crippen LogP contribution is -2.04. The molecule has 76 valence electrons. The minimum Gasteiger partial charge on any atom is -0.307 e. The van der Waals surface area contributed by atoms with Gasteiger partial charge < -0.3 is 5.32 Å². The van der Waals surface area contributed by atoms with Crippen LogP contribution >= 0.6 is 11.6 Å². The van der Waals surface area contributed by atoms with Gasteiger partial charge in [-0.3, -0.25) is 0 Å². The van der Waals surface area contributed by atoms with E-state index in [2.05, 4.69) is 16.6 Å². The first-order chi connectivity index (χ1) is 7.33. The zero-order valence-electron chi connectivity index (χ0n) is 8.07. The fourth-order valence-corrected chi connectivity index (χ4v) is 1.91. The Balaban J connectivity index is 2.02. The molecule has 3 rings (SSSR count). The lowest BCUT2D eigenvalue weighted by atomic mass is 10.3. The summed E-state index contributed by atoms with van der Waals surface area (Å²) in [5, 5.41) is 8.51. The molecule has 1 aliphatic heterocycles. The van der Waals surface area contributed by atoms with Gasteiger partial charge in [-0.05, 0) is 24.3 Å². The van der Waals surface area contributed by atoms with Crippen LogP contribution < -0.4 is 5.32 Å². The van der Waals surface area contributed by atoms with E-state index >= 15 is 0 Å². The third-order valence-corrected chi connectivity index (χ3v) is 2.83. The summed E-state index contributed by atoms with van der Waals surface area (Å²) in [5.41, 5.74) is 3.48. The third kappa shape index (κ3) is 1.54. The summed E-state index contributed by atoms with van der Waals surface area (Å²) in [4.78, 5) is 0. The van der Waals surface area contributed by atoms with Gasteiger partial charge in [0.2, 0.25) is 0 Å². The summed E-state index contributed by atoms with van der Waals surface area (Å²) in [5.74, 6) is 0. The second kappa shape index (κ2) is 3.36. The van der Waals surface area contributed by atoms with E-state index in [1.807, 2.05) is 28.9 Å². The van der Waals surface area contributed by atoms with Crippen LogP contribution in [0.2, 0.25) is 5.02 Å². The van der Waals surface area contributed by atoms with Gasteiger partial charge in [0.15, 0.2) is 0 Å². The molecule has 0 aliphatic carbocycles. The lowest BCUT2D eigenvalue weighted by molar-refractivity contribution is 0.721. The molecule has 1 aromatic carbocycles. The number of halogens is 1. The SMILES string of the molecule is Clc1ccc(-n2cc3c(n2)CNC3)cc1. The first kappa shape index (κ1) is 8.95. The molecule has 0 saturated heterocycles. The number of aromatic nitrogens is 2. The van der Waals surface area contributed by atoms with E-state index in [-0.39, 0.29) is 0 Å². The Hall–Kier alpha value is -1.32. The quantitative estimate of drug-likeness (QED) is 0.797. The van der Waals surface area contributed by atoms with Crippen molar-refractivity contribution in [3.8, 4) is 5.69 Å². The summed E-state index contributed by atoms with van der Waals surface area (Å²) in [6, 6.07) is 7.69. The van der Waals surface area contributed by atoms with Crippen LogP contribution in [0.4, 0.5) is 0 Å². The van der Waals surface area contributed by atoms with Crippen LogP contribution in [0.15, 0.2) is 30.5 Å². The number of benzene rings is 1. The fraction of sp³-hybridized carbons (Fsp3) is 0.182. The van der Waals surface area contributed by atoms with E-state index in [1.54, 1.807) is 0 Å². The maximum absolute atomic E-state index is 5.83. The molecule has 0 atom stereocenters. The van der Waals surface area contributed by atoms with Gasteiger partial charge in [-0.2, -0.15) is 5.10 Å². The van der Waals surface area contributed by atoms with E-state index in [9.17, 15) is 0 Å². The van der Waals surface area contributed by atoms with Crippen molar-refractivity contribution in [2.24, 2.45) is 0 Å². The van der Waals surface area contributed by atoms with Gasteiger partial charge in [0, 0.05) is 29.9 Å². The summed E-state index contributed by atoms with van der Waals surface area (Å²) in [6.45, 7) is 1.79. The molecule has 1 aromatic heterocycles. The molecule has 0 spiro atoms. The zero-order valence-corrected chi connectivity index (χ0v) is 8.83. The molecule has 4 heteroatoms. The van der Waals surface area contributed by atoms with Gasteiger partial charge in [-0.15, -0.1) is 0 Å². The van der Waals surface area contributed by atoms with Crippen LogP contribution in [-0.2, 0) is 13.1 Å². The number of fused-ring (bicyclic) bond motifs is 1. The van der Waals surface area contributed by atoms with Crippen LogP contribution in [0.1, 0.15) is 11.3 Å².